The van der Waals surface area contributed by atoms with Crippen molar-refractivity contribution in [2.24, 2.45) is 0 Å². The minimum absolute atomic E-state index is 0.0127. The number of rotatable bonds is 8. The molecule has 0 spiro atoms. The second kappa shape index (κ2) is 8.68. The Morgan fingerprint density at radius 3 is 2.67 bits per heavy atom. The topological polar surface area (TPSA) is 110 Å². The van der Waals surface area contributed by atoms with Gasteiger partial charge in [-0.25, -0.2) is 0 Å². The Morgan fingerprint density at radius 2 is 2.00 bits per heavy atom. The second-order valence-electron chi connectivity index (χ2n) is 6.75. The molecule has 0 saturated heterocycles. The maximum Gasteiger partial charge on any atom is 0.227 e. The van der Waals surface area contributed by atoms with Crippen LogP contribution in [0.5, 0.6) is 5.75 Å². The average molecular weight is 370 g/mol. The number of hydrogen-bond donors (Lipinski definition) is 4. The lowest BCUT2D eigenvalue weighted by molar-refractivity contribution is -0.120. The number of anilines is 2. The zero-order valence-corrected chi connectivity index (χ0v) is 16.1. The molecule has 1 unspecified atom stereocenters. The summed E-state index contributed by atoms with van der Waals surface area (Å²) in [5.74, 6) is 0.456. The van der Waals surface area contributed by atoms with E-state index < -0.39 is 5.60 Å². The van der Waals surface area contributed by atoms with E-state index in [4.69, 9.17) is 15.9 Å². The average Bonchev–Trinajstić information content (AvgIpc) is 2.63. The van der Waals surface area contributed by atoms with Crippen LogP contribution in [0.3, 0.4) is 0 Å². The summed E-state index contributed by atoms with van der Waals surface area (Å²) in [4.78, 5) is 12.2. The number of ether oxygens (including phenoxy) is 1. The van der Waals surface area contributed by atoms with Crippen molar-refractivity contribution in [3.8, 4) is 5.75 Å². The number of hydrogen-bond acceptors (Lipinski definition) is 4. The maximum atomic E-state index is 12.2. The van der Waals surface area contributed by atoms with Crippen LogP contribution in [0.15, 0.2) is 42.5 Å². The lowest BCUT2D eigenvalue weighted by Crippen LogP contribution is -2.41. The minimum Gasteiger partial charge on any atom is -0.494 e. The Labute approximate surface area is 159 Å². The summed E-state index contributed by atoms with van der Waals surface area (Å²) in [5, 5.41) is 19.2. The molecular formula is C21H28N3O3+. The van der Waals surface area contributed by atoms with Crippen LogP contribution < -0.4 is 21.2 Å². The molecule has 2 rings (SSSR count). The summed E-state index contributed by atoms with van der Waals surface area (Å²) >= 11 is 0. The fraction of sp³-hybridized carbons (Fsp3) is 0.333. The molecule has 0 aliphatic heterocycles. The van der Waals surface area contributed by atoms with E-state index in [2.05, 4.69) is 5.32 Å². The van der Waals surface area contributed by atoms with Crippen molar-refractivity contribution in [2.75, 3.05) is 17.7 Å². The van der Waals surface area contributed by atoms with Gasteiger partial charge in [0.2, 0.25) is 11.6 Å². The van der Waals surface area contributed by atoms with Crippen LogP contribution in [0.2, 0.25) is 0 Å². The van der Waals surface area contributed by atoms with E-state index in [1.54, 1.807) is 25.1 Å². The Morgan fingerprint density at radius 1 is 1.26 bits per heavy atom. The lowest BCUT2D eigenvalue weighted by atomic mass is 9.98. The van der Waals surface area contributed by atoms with Gasteiger partial charge >= 0.3 is 0 Å². The first kappa shape index (κ1) is 20.5. The van der Waals surface area contributed by atoms with Crippen LogP contribution in [0, 0.1) is 0 Å². The highest BCUT2D eigenvalue weighted by atomic mass is 16.5. The third-order valence-corrected chi connectivity index (χ3v) is 4.39. The molecule has 0 aliphatic carbocycles. The molecule has 6 heteroatoms. The molecule has 1 amide bonds. The van der Waals surface area contributed by atoms with Gasteiger partial charge in [0.25, 0.3) is 0 Å². The fourth-order valence-corrected chi connectivity index (χ4v) is 2.62. The van der Waals surface area contributed by atoms with Crippen molar-refractivity contribution in [1.29, 1.82) is 0 Å². The van der Waals surface area contributed by atoms with Crippen molar-refractivity contribution in [2.45, 2.75) is 39.2 Å². The number of carbonyl (C=O) groups excluding carboxylic acids is 1. The Hall–Kier alpha value is -2.86. The van der Waals surface area contributed by atoms with Gasteiger partial charge in [-0.15, -0.1) is 0 Å². The molecule has 144 valence electrons. The molecule has 0 fully saturated rings. The van der Waals surface area contributed by atoms with E-state index in [9.17, 15) is 9.90 Å². The monoisotopic (exact) mass is 370 g/mol. The van der Waals surface area contributed by atoms with E-state index in [-0.39, 0.29) is 12.3 Å². The smallest absolute Gasteiger partial charge is 0.227 e. The van der Waals surface area contributed by atoms with Crippen LogP contribution in [-0.2, 0) is 4.79 Å². The molecule has 1 atom stereocenters. The van der Waals surface area contributed by atoms with Crippen molar-refractivity contribution in [3.05, 3.63) is 53.6 Å². The first-order valence-corrected chi connectivity index (χ1v) is 9.03. The number of benzene rings is 2. The SMILES string of the molecule is CCOc1cccc(C(=[NH2+])c2cc(NC(=O)CC(C)(O)CC)ccc2N)c1. The molecule has 0 radical (unpaired) electrons. The van der Waals surface area contributed by atoms with Crippen molar-refractivity contribution < 1.29 is 20.0 Å². The number of nitrogens with two attached hydrogens (primary N) is 2. The highest BCUT2D eigenvalue weighted by Gasteiger charge is 2.22. The largest absolute Gasteiger partial charge is 0.494 e. The molecule has 0 heterocycles. The van der Waals surface area contributed by atoms with Crippen molar-refractivity contribution >= 4 is 23.0 Å². The highest BCUT2D eigenvalue weighted by Crippen LogP contribution is 2.23. The van der Waals surface area contributed by atoms with E-state index in [0.717, 1.165) is 11.3 Å². The predicted octanol–water partition coefficient (Wildman–Crippen LogP) is 1.75. The molecule has 27 heavy (non-hydrogen) atoms. The number of aliphatic hydroxyl groups is 1. The van der Waals surface area contributed by atoms with Gasteiger partial charge in [-0.3, -0.25) is 10.2 Å². The second-order valence-corrected chi connectivity index (χ2v) is 6.75. The predicted molar refractivity (Wildman–Crippen MR) is 108 cm³/mol. The quantitative estimate of drug-likeness (QED) is 0.419. The Bertz CT molecular complexity index is 831. The molecule has 2 aromatic carbocycles. The van der Waals surface area contributed by atoms with Crippen LogP contribution in [-0.4, -0.2) is 28.9 Å². The van der Waals surface area contributed by atoms with E-state index in [1.165, 1.54) is 0 Å². The molecule has 0 saturated carbocycles. The minimum atomic E-state index is -1.04. The van der Waals surface area contributed by atoms with Crippen LogP contribution >= 0.6 is 0 Å². The van der Waals surface area contributed by atoms with Gasteiger partial charge in [-0.1, -0.05) is 13.0 Å². The van der Waals surface area contributed by atoms with Gasteiger partial charge in [0, 0.05) is 16.9 Å². The van der Waals surface area contributed by atoms with Gasteiger partial charge in [0.1, 0.15) is 5.75 Å². The summed E-state index contributed by atoms with van der Waals surface area (Å²) in [6, 6.07) is 12.6. The van der Waals surface area contributed by atoms with Gasteiger partial charge in [-0.2, -0.15) is 0 Å². The summed E-state index contributed by atoms with van der Waals surface area (Å²) in [7, 11) is 0. The van der Waals surface area contributed by atoms with E-state index in [0.29, 0.717) is 35.7 Å². The van der Waals surface area contributed by atoms with Crippen LogP contribution in [0.25, 0.3) is 0 Å². The van der Waals surface area contributed by atoms with Crippen molar-refractivity contribution in [1.82, 2.24) is 0 Å². The molecule has 0 aromatic heterocycles. The number of nitrogens with one attached hydrogen (secondary N) is 1. The van der Waals surface area contributed by atoms with E-state index in [1.807, 2.05) is 38.1 Å². The highest BCUT2D eigenvalue weighted by molar-refractivity contribution is 6.12. The van der Waals surface area contributed by atoms with Gasteiger partial charge in [0.05, 0.1) is 24.2 Å². The first-order valence-electron chi connectivity index (χ1n) is 9.03. The molecule has 0 bridgehead atoms. The summed E-state index contributed by atoms with van der Waals surface area (Å²) in [6.07, 6.45) is 0.503. The zero-order valence-electron chi connectivity index (χ0n) is 16.1. The third kappa shape index (κ3) is 5.56. The molecule has 6 N–H and O–H groups in total. The van der Waals surface area contributed by atoms with E-state index >= 15 is 0 Å². The zero-order chi connectivity index (χ0) is 20.0. The summed E-state index contributed by atoms with van der Waals surface area (Å²) in [5.41, 5.74) is 8.04. The fourth-order valence-electron chi connectivity index (χ4n) is 2.62. The molecule has 2 aromatic rings. The first-order chi connectivity index (χ1) is 12.8. The Kier molecular flexibility index (Phi) is 6.58. The normalized spacial score (nSPS) is 12.9. The molecule has 0 aliphatic rings. The molecule has 6 nitrogen and oxygen atoms in total. The van der Waals surface area contributed by atoms with Crippen LogP contribution in [0.1, 0.15) is 44.7 Å². The number of nitrogen functional groups attached to an aromatic ring is 1. The number of carbonyl (C=O) groups is 1. The summed E-state index contributed by atoms with van der Waals surface area (Å²) < 4.78 is 5.52. The van der Waals surface area contributed by atoms with Crippen molar-refractivity contribution in [3.63, 3.8) is 0 Å². The van der Waals surface area contributed by atoms with Gasteiger partial charge in [-0.05, 0) is 56.7 Å². The van der Waals surface area contributed by atoms with Crippen LogP contribution in [0.4, 0.5) is 11.4 Å². The number of amides is 1. The third-order valence-electron chi connectivity index (χ3n) is 4.39. The maximum absolute atomic E-state index is 12.2. The van der Waals surface area contributed by atoms with Gasteiger partial charge in [0.15, 0.2) is 0 Å². The summed E-state index contributed by atoms with van der Waals surface area (Å²) in [6.45, 7) is 5.95. The Balaban J connectivity index is 2.23. The molecular weight excluding hydrogens is 342 g/mol. The standard InChI is InChI=1S/C21H27N3O3/c1-4-21(3,26)13-19(25)24-15-9-10-18(22)17(12-15)20(23)14-7-6-8-16(11-14)27-5-2/h6-12,23,26H,4-5,13,22H2,1-3H3,(H,24,25)/p+1. The van der Waals surface area contributed by atoms with Gasteiger partial charge < -0.3 is 20.9 Å². The lowest BCUT2D eigenvalue weighted by Gasteiger charge is -2.20.